The van der Waals surface area contributed by atoms with Crippen LogP contribution in [0, 0.1) is 6.92 Å². The van der Waals surface area contributed by atoms with Crippen LogP contribution in [0.3, 0.4) is 0 Å². The van der Waals surface area contributed by atoms with Gasteiger partial charge in [0.15, 0.2) is 5.17 Å². The number of aliphatic imine (C=N–C) groups is 1. The van der Waals surface area contributed by atoms with E-state index in [0.717, 1.165) is 22.6 Å². The molecule has 1 aliphatic heterocycles. The molecule has 0 saturated carbocycles. The van der Waals surface area contributed by atoms with Gasteiger partial charge in [-0.15, -0.1) is 0 Å². The van der Waals surface area contributed by atoms with Gasteiger partial charge in [-0.25, -0.2) is 0 Å². The lowest BCUT2D eigenvalue weighted by molar-refractivity contribution is -0.123. The summed E-state index contributed by atoms with van der Waals surface area (Å²) >= 11 is 1.28. The number of aryl methyl sites for hydroxylation is 1. The van der Waals surface area contributed by atoms with Crippen molar-refractivity contribution in [1.82, 2.24) is 5.32 Å². The molecule has 2 N–H and O–H groups in total. The summed E-state index contributed by atoms with van der Waals surface area (Å²) in [5.41, 5.74) is 2.72. The van der Waals surface area contributed by atoms with E-state index in [1.54, 1.807) is 7.11 Å². The van der Waals surface area contributed by atoms with E-state index in [1.165, 1.54) is 11.8 Å². The summed E-state index contributed by atoms with van der Waals surface area (Å²) in [5.74, 6) is 0.383. The predicted octanol–water partition coefficient (Wildman–Crippen LogP) is 3.12. The molecule has 140 valence electrons. The zero-order chi connectivity index (χ0) is 19.2. The van der Waals surface area contributed by atoms with Crippen molar-refractivity contribution in [1.29, 1.82) is 0 Å². The Morgan fingerprint density at radius 2 is 2.00 bits per heavy atom. The maximum Gasteiger partial charge on any atom is 0.238 e. The number of thioether (sulfide) groups is 1. The number of ether oxygens (including phenoxy) is 1. The largest absolute Gasteiger partial charge is 0.497 e. The van der Waals surface area contributed by atoms with Crippen LogP contribution in [0.4, 0.5) is 5.69 Å². The number of para-hydroxylation sites is 1. The molecule has 0 spiro atoms. The molecule has 2 amide bonds. The molecule has 0 radical (unpaired) electrons. The van der Waals surface area contributed by atoms with Crippen molar-refractivity contribution in [3.05, 3.63) is 59.7 Å². The fraction of sp³-hybridized carbons (Fsp3) is 0.250. The molecule has 6 nitrogen and oxygen atoms in total. The minimum absolute atomic E-state index is 0.129. The Hall–Kier alpha value is -2.80. The minimum atomic E-state index is -0.507. The van der Waals surface area contributed by atoms with Gasteiger partial charge >= 0.3 is 0 Å². The molecule has 1 fully saturated rings. The third-order valence-corrected chi connectivity index (χ3v) is 5.25. The highest BCUT2D eigenvalue weighted by Crippen LogP contribution is 2.24. The van der Waals surface area contributed by atoms with Gasteiger partial charge in [0.1, 0.15) is 11.0 Å². The van der Waals surface area contributed by atoms with E-state index < -0.39 is 5.25 Å². The Kier molecular flexibility index (Phi) is 6.13. The summed E-state index contributed by atoms with van der Waals surface area (Å²) in [4.78, 5) is 29.0. The van der Waals surface area contributed by atoms with E-state index in [1.807, 2.05) is 55.5 Å². The second-order valence-corrected chi connectivity index (χ2v) is 7.32. The SMILES string of the molecule is COc1ccc(CN=C2NC(=O)C[C@@H](C(=O)Nc3ccccc3C)S2)cc1. The van der Waals surface area contributed by atoms with E-state index in [4.69, 9.17) is 4.74 Å². The first-order valence-electron chi connectivity index (χ1n) is 8.55. The maximum atomic E-state index is 12.6. The molecular weight excluding hydrogens is 362 g/mol. The fourth-order valence-electron chi connectivity index (χ4n) is 2.59. The monoisotopic (exact) mass is 383 g/mol. The standard InChI is InChI=1S/C20H21N3O3S/c1-13-5-3-4-6-16(13)22-19(25)17-11-18(24)23-20(27-17)21-12-14-7-9-15(26-2)10-8-14/h3-10,17H,11-12H2,1-2H3,(H,22,25)(H,21,23,24)/t17-/m0/s1. The zero-order valence-electron chi connectivity index (χ0n) is 15.2. The van der Waals surface area contributed by atoms with Crippen LogP contribution in [0.1, 0.15) is 17.5 Å². The summed E-state index contributed by atoms with van der Waals surface area (Å²) in [6.45, 7) is 2.34. The molecule has 0 aliphatic carbocycles. The molecule has 0 unspecified atom stereocenters. The van der Waals surface area contributed by atoms with Crippen molar-refractivity contribution in [2.45, 2.75) is 25.1 Å². The number of anilines is 1. The summed E-state index contributed by atoms with van der Waals surface area (Å²) < 4.78 is 5.13. The minimum Gasteiger partial charge on any atom is -0.497 e. The van der Waals surface area contributed by atoms with Crippen LogP contribution in [0.15, 0.2) is 53.5 Å². The highest BCUT2D eigenvalue weighted by molar-refractivity contribution is 8.15. The number of hydrogen-bond donors (Lipinski definition) is 2. The average molecular weight is 383 g/mol. The van der Waals surface area contributed by atoms with Crippen molar-refractivity contribution in [2.75, 3.05) is 12.4 Å². The van der Waals surface area contributed by atoms with E-state index in [9.17, 15) is 9.59 Å². The van der Waals surface area contributed by atoms with Gasteiger partial charge in [-0.1, -0.05) is 42.1 Å². The number of nitrogens with zero attached hydrogens (tertiary/aromatic N) is 1. The van der Waals surface area contributed by atoms with Crippen molar-refractivity contribution in [3.8, 4) is 5.75 Å². The lowest BCUT2D eigenvalue weighted by Crippen LogP contribution is -2.42. The van der Waals surface area contributed by atoms with E-state index in [0.29, 0.717) is 11.7 Å². The predicted molar refractivity (Wildman–Crippen MR) is 108 cm³/mol. The number of amidine groups is 1. The summed E-state index contributed by atoms with van der Waals surface area (Å²) in [7, 11) is 1.62. The second kappa shape index (κ2) is 8.73. The molecule has 2 aromatic rings. The van der Waals surface area contributed by atoms with Crippen LogP contribution in [0.5, 0.6) is 5.75 Å². The van der Waals surface area contributed by atoms with E-state index in [-0.39, 0.29) is 18.2 Å². The molecule has 1 atom stereocenters. The van der Waals surface area contributed by atoms with Crippen molar-refractivity contribution >= 4 is 34.4 Å². The van der Waals surface area contributed by atoms with Crippen LogP contribution in [0.25, 0.3) is 0 Å². The molecule has 27 heavy (non-hydrogen) atoms. The third-order valence-electron chi connectivity index (χ3n) is 4.13. The normalized spacial score (nSPS) is 18.1. The molecular formula is C20H21N3O3S. The molecule has 2 aromatic carbocycles. The van der Waals surface area contributed by atoms with Gasteiger partial charge in [0, 0.05) is 12.1 Å². The van der Waals surface area contributed by atoms with Gasteiger partial charge in [0.05, 0.1) is 13.7 Å². The molecule has 1 aliphatic rings. The van der Waals surface area contributed by atoms with Crippen molar-refractivity contribution < 1.29 is 14.3 Å². The van der Waals surface area contributed by atoms with Gasteiger partial charge in [-0.3, -0.25) is 14.6 Å². The van der Waals surface area contributed by atoms with Gasteiger partial charge in [-0.2, -0.15) is 0 Å². The van der Waals surface area contributed by atoms with Crippen molar-refractivity contribution in [2.24, 2.45) is 4.99 Å². The van der Waals surface area contributed by atoms with Crippen molar-refractivity contribution in [3.63, 3.8) is 0 Å². The Morgan fingerprint density at radius 3 is 2.70 bits per heavy atom. The molecule has 0 aromatic heterocycles. The Labute approximate surface area is 162 Å². The van der Waals surface area contributed by atoms with Crippen LogP contribution in [-0.4, -0.2) is 29.3 Å². The Bertz CT molecular complexity index is 865. The lowest BCUT2D eigenvalue weighted by Gasteiger charge is -2.22. The molecule has 7 heteroatoms. The zero-order valence-corrected chi connectivity index (χ0v) is 16.0. The Balaban J connectivity index is 1.65. The summed E-state index contributed by atoms with van der Waals surface area (Å²) in [5, 5.41) is 5.60. The number of hydrogen-bond acceptors (Lipinski definition) is 5. The molecule has 1 heterocycles. The molecule has 0 bridgehead atoms. The summed E-state index contributed by atoms with van der Waals surface area (Å²) in [6, 6.07) is 15.1. The van der Waals surface area contributed by atoms with Crippen LogP contribution >= 0.6 is 11.8 Å². The first-order valence-corrected chi connectivity index (χ1v) is 9.43. The topological polar surface area (TPSA) is 79.8 Å². The number of methoxy groups -OCH3 is 1. The summed E-state index contributed by atoms with van der Waals surface area (Å²) in [6.07, 6.45) is 0.129. The van der Waals surface area contributed by atoms with E-state index >= 15 is 0 Å². The van der Waals surface area contributed by atoms with Crippen LogP contribution in [0.2, 0.25) is 0 Å². The first-order chi connectivity index (χ1) is 13.0. The number of amides is 2. The van der Waals surface area contributed by atoms with Gasteiger partial charge in [0.2, 0.25) is 11.8 Å². The van der Waals surface area contributed by atoms with Crippen LogP contribution < -0.4 is 15.4 Å². The van der Waals surface area contributed by atoms with E-state index in [2.05, 4.69) is 15.6 Å². The number of rotatable bonds is 5. The highest BCUT2D eigenvalue weighted by Gasteiger charge is 2.30. The number of nitrogens with one attached hydrogen (secondary N) is 2. The maximum absolute atomic E-state index is 12.6. The number of carbonyl (C=O) groups is 2. The Morgan fingerprint density at radius 1 is 1.26 bits per heavy atom. The smallest absolute Gasteiger partial charge is 0.238 e. The second-order valence-electron chi connectivity index (χ2n) is 6.13. The quantitative estimate of drug-likeness (QED) is 0.831. The number of carbonyl (C=O) groups excluding carboxylic acids is 2. The third kappa shape index (κ3) is 5.10. The highest BCUT2D eigenvalue weighted by atomic mass is 32.2. The van der Waals surface area contributed by atoms with Crippen LogP contribution in [-0.2, 0) is 16.1 Å². The number of benzene rings is 2. The molecule has 3 rings (SSSR count). The average Bonchev–Trinajstić information content (AvgIpc) is 2.68. The van der Waals surface area contributed by atoms with Gasteiger partial charge < -0.3 is 15.4 Å². The van der Waals surface area contributed by atoms with Gasteiger partial charge in [0.25, 0.3) is 0 Å². The lowest BCUT2D eigenvalue weighted by atomic mass is 10.2. The van der Waals surface area contributed by atoms with Gasteiger partial charge in [-0.05, 0) is 36.2 Å². The first kappa shape index (κ1) is 19.0. The molecule has 1 saturated heterocycles. The fourth-order valence-corrected chi connectivity index (χ4v) is 3.57.